The van der Waals surface area contributed by atoms with E-state index in [1.165, 1.54) is 0 Å². The number of benzene rings is 1. The Morgan fingerprint density at radius 3 is 2.58 bits per heavy atom. The molecule has 2 N–H and O–H groups in total. The molecule has 1 aromatic heterocycles. The predicted octanol–water partition coefficient (Wildman–Crippen LogP) is 3.12. The van der Waals surface area contributed by atoms with Gasteiger partial charge in [0.2, 0.25) is 0 Å². The van der Waals surface area contributed by atoms with Gasteiger partial charge in [-0.15, -0.1) is 0 Å². The van der Waals surface area contributed by atoms with Crippen molar-refractivity contribution in [3.8, 4) is 17.0 Å². The normalized spacial score (nSPS) is 10.8. The number of oxazole rings is 1. The molecule has 0 aliphatic rings. The van der Waals surface area contributed by atoms with E-state index in [0.717, 1.165) is 33.9 Å². The molecule has 4 nitrogen and oxygen atoms in total. The molecule has 0 fully saturated rings. The van der Waals surface area contributed by atoms with Gasteiger partial charge in [-0.2, -0.15) is 0 Å². The lowest BCUT2D eigenvalue weighted by molar-refractivity contribution is 0.337. The summed E-state index contributed by atoms with van der Waals surface area (Å²) in [6.45, 7) is 8.90. The number of aromatic nitrogens is 1. The summed E-state index contributed by atoms with van der Waals surface area (Å²) in [4.78, 5) is 4.44. The van der Waals surface area contributed by atoms with Gasteiger partial charge in [0.1, 0.15) is 17.2 Å². The summed E-state index contributed by atoms with van der Waals surface area (Å²) in [6, 6.07) is 4.12. The van der Waals surface area contributed by atoms with Crippen LogP contribution in [0.3, 0.4) is 0 Å². The monoisotopic (exact) mass is 260 g/mol. The zero-order valence-corrected chi connectivity index (χ0v) is 11.9. The van der Waals surface area contributed by atoms with Gasteiger partial charge in [0.15, 0.2) is 5.89 Å². The van der Waals surface area contributed by atoms with Crippen molar-refractivity contribution < 1.29 is 9.15 Å². The number of nitrogens with two attached hydrogens (primary N) is 1. The quantitative estimate of drug-likeness (QED) is 0.917. The fraction of sp³-hybridized carbons (Fsp3) is 0.400. The zero-order valence-electron chi connectivity index (χ0n) is 11.9. The molecular formula is C15H20N2O2. The van der Waals surface area contributed by atoms with E-state index in [1.807, 2.05) is 33.8 Å². The Labute approximate surface area is 113 Å². The van der Waals surface area contributed by atoms with Crippen LogP contribution in [0.5, 0.6) is 5.75 Å². The van der Waals surface area contributed by atoms with Crippen molar-refractivity contribution in [3.05, 3.63) is 34.9 Å². The van der Waals surface area contributed by atoms with Crippen molar-refractivity contribution in [3.63, 3.8) is 0 Å². The molecule has 102 valence electrons. The standard InChI is InChI=1S/C15H20N2O2/c1-5-18-13-7-9(2)12(6-10(13)3)15-14(8-16)19-11(4)17-15/h6-7H,5,8,16H2,1-4H3. The first-order chi connectivity index (χ1) is 9.06. The van der Waals surface area contributed by atoms with Crippen molar-refractivity contribution in [1.82, 2.24) is 4.98 Å². The summed E-state index contributed by atoms with van der Waals surface area (Å²) in [7, 11) is 0. The highest BCUT2D eigenvalue weighted by Gasteiger charge is 2.15. The molecule has 1 aromatic carbocycles. The molecule has 1 heterocycles. The van der Waals surface area contributed by atoms with E-state index in [0.29, 0.717) is 19.0 Å². The third-order valence-corrected chi connectivity index (χ3v) is 3.07. The van der Waals surface area contributed by atoms with Gasteiger partial charge in [0, 0.05) is 12.5 Å². The van der Waals surface area contributed by atoms with Gasteiger partial charge in [-0.25, -0.2) is 4.98 Å². The van der Waals surface area contributed by atoms with Gasteiger partial charge in [-0.1, -0.05) is 0 Å². The molecule has 19 heavy (non-hydrogen) atoms. The van der Waals surface area contributed by atoms with Crippen LogP contribution in [0.15, 0.2) is 16.5 Å². The number of rotatable bonds is 4. The minimum absolute atomic E-state index is 0.349. The summed E-state index contributed by atoms with van der Waals surface area (Å²) >= 11 is 0. The van der Waals surface area contributed by atoms with Crippen molar-refractivity contribution in [1.29, 1.82) is 0 Å². The van der Waals surface area contributed by atoms with Crippen LogP contribution in [0.2, 0.25) is 0 Å². The van der Waals surface area contributed by atoms with Gasteiger partial charge in [-0.05, 0) is 44.0 Å². The third kappa shape index (κ3) is 2.63. The summed E-state index contributed by atoms with van der Waals surface area (Å²) in [5.74, 6) is 2.28. The lowest BCUT2D eigenvalue weighted by atomic mass is 10.0. The van der Waals surface area contributed by atoms with Crippen molar-refractivity contribution >= 4 is 0 Å². The SMILES string of the molecule is CCOc1cc(C)c(-c2nc(C)oc2CN)cc1C. The van der Waals surface area contributed by atoms with Crippen LogP contribution in [-0.4, -0.2) is 11.6 Å². The maximum absolute atomic E-state index is 5.71. The zero-order chi connectivity index (χ0) is 14.0. The Morgan fingerprint density at radius 2 is 1.95 bits per heavy atom. The summed E-state index contributed by atoms with van der Waals surface area (Å²) in [6.07, 6.45) is 0. The van der Waals surface area contributed by atoms with Gasteiger partial charge in [-0.3, -0.25) is 0 Å². The molecule has 0 spiro atoms. The summed E-state index contributed by atoms with van der Waals surface area (Å²) in [5.41, 5.74) is 9.80. The number of hydrogen-bond acceptors (Lipinski definition) is 4. The molecule has 0 radical (unpaired) electrons. The molecule has 0 saturated carbocycles. The number of ether oxygens (including phenoxy) is 1. The largest absolute Gasteiger partial charge is 0.494 e. The molecule has 0 aliphatic heterocycles. The second-order valence-electron chi connectivity index (χ2n) is 4.57. The summed E-state index contributed by atoms with van der Waals surface area (Å²) in [5, 5.41) is 0. The second kappa shape index (κ2) is 5.45. The molecule has 0 atom stereocenters. The van der Waals surface area contributed by atoms with E-state index in [4.69, 9.17) is 14.9 Å². The van der Waals surface area contributed by atoms with Crippen LogP contribution in [-0.2, 0) is 6.54 Å². The molecule has 0 saturated heterocycles. The maximum atomic E-state index is 5.71. The van der Waals surface area contributed by atoms with Gasteiger partial charge in [0.05, 0.1) is 13.2 Å². The fourth-order valence-electron chi connectivity index (χ4n) is 2.17. The Bertz CT molecular complexity index is 588. The highest BCUT2D eigenvalue weighted by atomic mass is 16.5. The van der Waals surface area contributed by atoms with Crippen LogP contribution in [0, 0.1) is 20.8 Å². The average molecular weight is 260 g/mol. The Kier molecular flexibility index (Phi) is 3.90. The Balaban J connectivity index is 2.53. The molecule has 0 unspecified atom stereocenters. The van der Waals surface area contributed by atoms with Crippen LogP contribution >= 0.6 is 0 Å². The fourth-order valence-corrected chi connectivity index (χ4v) is 2.17. The molecular weight excluding hydrogens is 240 g/mol. The smallest absolute Gasteiger partial charge is 0.191 e. The van der Waals surface area contributed by atoms with Crippen molar-refractivity contribution in [2.75, 3.05) is 6.61 Å². The van der Waals surface area contributed by atoms with Crippen LogP contribution in [0.1, 0.15) is 29.7 Å². The minimum atomic E-state index is 0.349. The van der Waals surface area contributed by atoms with E-state index < -0.39 is 0 Å². The van der Waals surface area contributed by atoms with Crippen LogP contribution < -0.4 is 10.5 Å². The van der Waals surface area contributed by atoms with E-state index in [1.54, 1.807) is 0 Å². The van der Waals surface area contributed by atoms with Crippen molar-refractivity contribution in [2.24, 2.45) is 5.73 Å². The highest BCUT2D eigenvalue weighted by Crippen LogP contribution is 2.32. The van der Waals surface area contributed by atoms with E-state index in [-0.39, 0.29) is 0 Å². The summed E-state index contributed by atoms with van der Waals surface area (Å²) < 4.78 is 11.1. The van der Waals surface area contributed by atoms with Gasteiger partial charge >= 0.3 is 0 Å². The highest BCUT2D eigenvalue weighted by molar-refractivity contribution is 5.68. The Hall–Kier alpha value is -1.81. The van der Waals surface area contributed by atoms with Crippen LogP contribution in [0.4, 0.5) is 0 Å². The minimum Gasteiger partial charge on any atom is -0.494 e. The molecule has 0 bridgehead atoms. The number of hydrogen-bond donors (Lipinski definition) is 1. The van der Waals surface area contributed by atoms with E-state index in [2.05, 4.69) is 11.1 Å². The number of aryl methyl sites for hydroxylation is 3. The van der Waals surface area contributed by atoms with Crippen molar-refractivity contribution in [2.45, 2.75) is 34.2 Å². The first-order valence-electron chi connectivity index (χ1n) is 6.47. The third-order valence-electron chi connectivity index (χ3n) is 3.07. The molecule has 4 heteroatoms. The number of nitrogens with zero attached hydrogens (tertiary/aromatic N) is 1. The second-order valence-corrected chi connectivity index (χ2v) is 4.57. The predicted molar refractivity (Wildman–Crippen MR) is 75.2 cm³/mol. The van der Waals surface area contributed by atoms with Gasteiger partial charge in [0.25, 0.3) is 0 Å². The average Bonchev–Trinajstić information content (AvgIpc) is 2.75. The first kappa shape index (κ1) is 13.6. The lowest BCUT2D eigenvalue weighted by Crippen LogP contribution is -1.99. The van der Waals surface area contributed by atoms with Gasteiger partial charge < -0.3 is 14.9 Å². The first-order valence-corrected chi connectivity index (χ1v) is 6.47. The lowest BCUT2D eigenvalue weighted by Gasteiger charge is -2.11. The van der Waals surface area contributed by atoms with Crippen LogP contribution in [0.25, 0.3) is 11.3 Å². The van der Waals surface area contributed by atoms with E-state index in [9.17, 15) is 0 Å². The topological polar surface area (TPSA) is 61.3 Å². The molecule has 0 aliphatic carbocycles. The molecule has 2 rings (SSSR count). The molecule has 0 amide bonds. The maximum Gasteiger partial charge on any atom is 0.191 e. The molecule has 2 aromatic rings. The Morgan fingerprint density at radius 1 is 1.21 bits per heavy atom. The van der Waals surface area contributed by atoms with E-state index >= 15 is 0 Å².